The molecule has 1 unspecified atom stereocenters. The van der Waals surface area contributed by atoms with Crippen LogP contribution in [-0.4, -0.2) is 11.8 Å². The summed E-state index contributed by atoms with van der Waals surface area (Å²) >= 11 is 0. The minimum absolute atomic E-state index is 0.00256. The largest absolute Gasteiger partial charge is 0.349 e. The summed E-state index contributed by atoms with van der Waals surface area (Å²) < 4.78 is 0. The maximum absolute atomic E-state index is 12.6. The van der Waals surface area contributed by atoms with E-state index in [0.29, 0.717) is 18.3 Å². The van der Waals surface area contributed by atoms with Gasteiger partial charge in [0.25, 0.3) is 0 Å². The molecule has 2 rings (SSSR count). The maximum atomic E-state index is 12.6. The monoisotopic (exact) mass is 380 g/mol. The van der Waals surface area contributed by atoms with Gasteiger partial charge in [0.05, 0.1) is 12.5 Å². The second-order valence-corrected chi connectivity index (χ2v) is 8.18. The molecule has 2 aromatic carbocycles. The summed E-state index contributed by atoms with van der Waals surface area (Å²) in [6.07, 6.45) is 1.38. The summed E-state index contributed by atoms with van der Waals surface area (Å²) in [7, 11) is 0. The molecule has 150 valence electrons. The minimum Gasteiger partial charge on any atom is -0.349 e. The van der Waals surface area contributed by atoms with Crippen LogP contribution in [0, 0.1) is 11.8 Å². The van der Waals surface area contributed by atoms with E-state index < -0.39 is 0 Å². The van der Waals surface area contributed by atoms with E-state index in [1.54, 1.807) is 0 Å². The summed E-state index contributed by atoms with van der Waals surface area (Å²) in [5.74, 6) is 0.812. The van der Waals surface area contributed by atoms with E-state index >= 15 is 0 Å². The lowest BCUT2D eigenvalue weighted by Gasteiger charge is -2.23. The molecular formula is C24H32N2O2. The molecule has 0 spiro atoms. The van der Waals surface area contributed by atoms with Crippen LogP contribution in [0.2, 0.25) is 0 Å². The van der Waals surface area contributed by atoms with Crippen molar-refractivity contribution in [3.63, 3.8) is 0 Å². The second kappa shape index (κ2) is 10.1. The van der Waals surface area contributed by atoms with Crippen LogP contribution in [0.3, 0.4) is 0 Å². The van der Waals surface area contributed by atoms with Crippen LogP contribution >= 0.6 is 0 Å². The predicted molar refractivity (Wildman–Crippen MR) is 115 cm³/mol. The van der Waals surface area contributed by atoms with Crippen LogP contribution in [0.25, 0.3) is 0 Å². The van der Waals surface area contributed by atoms with Crippen LogP contribution in [-0.2, 0) is 22.4 Å². The third kappa shape index (κ3) is 6.84. The van der Waals surface area contributed by atoms with Crippen molar-refractivity contribution >= 4 is 17.5 Å². The van der Waals surface area contributed by atoms with Crippen LogP contribution < -0.4 is 10.6 Å². The highest BCUT2D eigenvalue weighted by Crippen LogP contribution is 2.23. The Bertz CT molecular complexity index is 777. The Balaban J connectivity index is 2.01. The van der Waals surface area contributed by atoms with Crippen molar-refractivity contribution in [3.8, 4) is 0 Å². The molecule has 0 saturated carbocycles. The average Bonchev–Trinajstić information content (AvgIpc) is 2.61. The summed E-state index contributed by atoms with van der Waals surface area (Å²) in [5, 5.41) is 5.91. The summed E-state index contributed by atoms with van der Waals surface area (Å²) in [6, 6.07) is 15.9. The molecule has 2 aromatic rings. The lowest BCUT2D eigenvalue weighted by molar-refractivity contribution is -0.121. The van der Waals surface area contributed by atoms with Gasteiger partial charge in [0.1, 0.15) is 0 Å². The van der Waals surface area contributed by atoms with Crippen molar-refractivity contribution in [2.45, 2.75) is 53.5 Å². The first-order chi connectivity index (χ1) is 13.2. The number of nitrogens with one attached hydrogen (secondary N) is 2. The third-order valence-corrected chi connectivity index (χ3v) is 4.60. The average molecular weight is 381 g/mol. The number of amides is 2. The normalized spacial score (nSPS) is 12.1. The Kier molecular flexibility index (Phi) is 7.80. The van der Waals surface area contributed by atoms with Crippen molar-refractivity contribution < 1.29 is 9.59 Å². The number of hydrogen-bond donors (Lipinski definition) is 2. The van der Waals surface area contributed by atoms with Crippen molar-refractivity contribution in [2.75, 3.05) is 5.32 Å². The molecule has 4 heteroatoms. The van der Waals surface area contributed by atoms with E-state index in [4.69, 9.17) is 0 Å². The van der Waals surface area contributed by atoms with Gasteiger partial charge in [0, 0.05) is 12.6 Å². The number of rotatable bonds is 8. The van der Waals surface area contributed by atoms with Gasteiger partial charge in [0.15, 0.2) is 0 Å². The summed E-state index contributed by atoms with van der Waals surface area (Å²) in [6.45, 7) is 10.1. The van der Waals surface area contributed by atoms with Crippen molar-refractivity contribution in [2.24, 2.45) is 11.8 Å². The van der Waals surface area contributed by atoms with Crippen molar-refractivity contribution in [1.29, 1.82) is 0 Å². The van der Waals surface area contributed by atoms with Gasteiger partial charge in [-0.2, -0.15) is 0 Å². The number of anilines is 1. The van der Waals surface area contributed by atoms with Gasteiger partial charge in [-0.3, -0.25) is 9.59 Å². The van der Waals surface area contributed by atoms with Gasteiger partial charge in [-0.25, -0.2) is 0 Å². The van der Waals surface area contributed by atoms with E-state index in [-0.39, 0.29) is 17.9 Å². The summed E-state index contributed by atoms with van der Waals surface area (Å²) in [5.41, 5.74) is 4.11. The molecule has 0 saturated heterocycles. The molecule has 0 aromatic heterocycles. The van der Waals surface area contributed by atoms with Gasteiger partial charge >= 0.3 is 0 Å². The molecule has 2 amide bonds. The molecule has 0 aliphatic carbocycles. The molecule has 0 radical (unpaired) electrons. The first-order valence-electron chi connectivity index (χ1n) is 9.99. The maximum Gasteiger partial charge on any atom is 0.224 e. The van der Waals surface area contributed by atoms with Crippen molar-refractivity contribution in [1.82, 2.24) is 5.32 Å². The van der Waals surface area contributed by atoms with Gasteiger partial charge in [-0.05, 0) is 47.1 Å². The Labute approximate surface area is 168 Å². The van der Waals surface area contributed by atoms with Crippen LogP contribution in [0.5, 0.6) is 0 Å². The highest BCUT2D eigenvalue weighted by atomic mass is 16.2. The molecule has 0 fully saturated rings. The van der Waals surface area contributed by atoms with Gasteiger partial charge in [-0.1, -0.05) is 64.1 Å². The number of carbonyl (C=O) groups excluding carboxylic acids is 2. The van der Waals surface area contributed by atoms with Crippen LogP contribution in [0.1, 0.15) is 57.4 Å². The first kappa shape index (κ1) is 21.7. The molecular weight excluding hydrogens is 348 g/mol. The highest BCUT2D eigenvalue weighted by Gasteiger charge is 2.18. The van der Waals surface area contributed by atoms with Gasteiger partial charge < -0.3 is 10.6 Å². The molecule has 0 bridgehead atoms. The first-order valence-corrected chi connectivity index (χ1v) is 9.99. The predicted octanol–water partition coefficient (Wildman–Crippen LogP) is 4.90. The second-order valence-electron chi connectivity index (χ2n) is 8.18. The molecule has 4 nitrogen and oxygen atoms in total. The quantitative estimate of drug-likeness (QED) is 0.684. The fourth-order valence-corrected chi connectivity index (χ4v) is 3.29. The van der Waals surface area contributed by atoms with Crippen molar-refractivity contribution in [3.05, 3.63) is 65.2 Å². The fourth-order valence-electron chi connectivity index (χ4n) is 3.29. The van der Waals surface area contributed by atoms with E-state index in [9.17, 15) is 9.59 Å². The smallest absolute Gasteiger partial charge is 0.224 e. The Hall–Kier alpha value is -2.62. The molecule has 28 heavy (non-hydrogen) atoms. The number of benzene rings is 2. The SMILES string of the molecule is CC(=O)Nc1ccc(CC(=O)NC(c2ccc(CC(C)C)cc2)C(C)C)cc1. The van der Waals surface area contributed by atoms with E-state index in [1.807, 2.05) is 24.3 Å². The molecule has 0 aliphatic rings. The van der Waals surface area contributed by atoms with E-state index in [0.717, 1.165) is 23.2 Å². The summed E-state index contributed by atoms with van der Waals surface area (Å²) in [4.78, 5) is 23.7. The molecule has 0 heterocycles. The standard InChI is InChI=1S/C24H32N2O2/c1-16(2)14-19-6-10-21(11-7-19)24(17(3)4)26-23(28)15-20-8-12-22(13-9-20)25-18(5)27/h6-13,16-17,24H,14-15H2,1-5H3,(H,25,27)(H,26,28). The zero-order valence-corrected chi connectivity index (χ0v) is 17.6. The minimum atomic E-state index is -0.107. The molecule has 2 N–H and O–H groups in total. The Morgan fingerprint density at radius 2 is 1.43 bits per heavy atom. The molecule has 1 atom stereocenters. The lowest BCUT2D eigenvalue weighted by atomic mass is 9.93. The lowest BCUT2D eigenvalue weighted by Crippen LogP contribution is -2.32. The fraction of sp³-hybridized carbons (Fsp3) is 0.417. The van der Waals surface area contributed by atoms with Crippen LogP contribution in [0.15, 0.2) is 48.5 Å². The van der Waals surface area contributed by atoms with Gasteiger partial charge in [-0.15, -0.1) is 0 Å². The third-order valence-electron chi connectivity index (χ3n) is 4.60. The number of hydrogen-bond acceptors (Lipinski definition) is 2. The zero-order chi connectivity index (χ0) is 20.7. The number of carbonyl (C=O) groups is 2. The Morgan fingerprint density at radius 3 is 1.93 bits per heavy atom. The van der Waals surface area contributed by atoms with Crippen LogP contribution in [0.4, 0.5) is 5.69 Å². The van der Waals surface area contributed by atoms with E-state index in [2.05, 4.69) is 62.6 Å². The molecule has 0 aliphatic heterocycles. The highest BCUT2D eigenvalue weighted by molar-refractivity contribution is 5.88. The van der Waals surface area contributed by atoms with Gasteiger partial charge in [0.2, 0.25) is 11.8 Å². The van der Waals surface area contributed by atoms with E-state index in [1.165, 1.54) is 12.5 Å². The Morgan fingerprint density at radius 1 is 0.857 bits per heavy atom. The topological polar surface area (TPSA) is 58.2 Å². The zero-order valence-electron chi connectivity index (χ0n) is 17.6.